The van der Waals surface area contributed by atoms with Gasteiger partial charge in [-0.1, -0.05) is 36.8 Å². The molecule has 0 aromatic heterocycles. The van der Waals surface area contributed by atoms with Crippen molar-refractivity contribution in [3.8, 4) is 0 Å². The van der Waals surface area contributed by atoms with Crippen molar-refractivity contribution in [2.24, 2.45) is 0 Å². The number of nitrogens with zero attached hydrogens (tertiary/aromatic N) is 2. The van der Waals surface area contributed by atoms with Gasteiger partial charge in [0, 0.05) is 32.2 Å². The van der Waals surface area contributed by atoms with E-state index in [-0.39, 0.29) is 19.1 Å². The number of ether oxygens (including phenoxy) is 2. The lowest BCUT2D eigenvalue weighted by Crippen LogP contribution is -2.62. The van der Waals surface area contributed by atoms with Gasteiger partial charge in [-0.2, -0.15) is 0 Å². The van der Waals surface area contributed by atoms with Gasteiger partial charge in [-0.3, -0.25) is 4.79 Å². The molecular weight excluding hydrogens is 382 g/mol. The van der Waals surface area contributed by atoms with Gasteiger partial charge >= 0.3 is 6.09 Å². The van der Waals surface area contributed by atoms with E-state index < -0.39 is 11.6 Å². The van der Waals surface area contributed by atoms with Crippen LogP contribution in [0.2, 0.25) is 0 Å². The minimum atomic E-state index is -1.01. The standard InChI is InChI=1S/C23H33N3O4/c27-21(26-14-9-20(10-15-26)25-12-5-2-6-13-25)23(11-16-29-18-23)24-22(28)30-17-19-7-3-1-4-8-19/h1,3-4,7-8,20H,2,5-6,9-18H2,(H,24,28)/t23-/m1/s1. The maximum atomic E-state index is 13.4. The molecule has 0 bridgehead atoms. The molecule has 0 saturated carbocycles. The average molecular weight is 416 g/mol. The second-order valence-corrected chi connectivity index (χ2v) is 8.69. The van der Waals surface area contributed by atoms with Gasteiger partial charge in [-0.15, -0.1) is 0 Å². The van der Waals surface area contributed by atoms with Crippen LogP contribution in [0.25, 0.3) is 0 Å². The van der Waals surface area contributed by atoms with Gasteiger partial charge in [0.25, 0.3) is 5.91 Å². The maximum absolute atomic E-state index is 13.4. The number of carbonyl (C=O) groups is 2. The van der Waals surface area contributed by atoms with E-state index in [9.17, 15) is 9.59 Å². The molecular formula is C23H33N3O4. The van der Waals surface area contributed by atoms with E-state index in [0.29, 0.717) is 19.1 Å². The summed E-state index contributed by atoms with van der Waals surface area (Å²) in [5, 5.41) is 2.85. The molecule has 2 amide bonds. The lowest BCUT2D eigenvalue weighted by Gasteiger charge is -2.42. The van der Waals surface area contributed by atoms with E-state index in [4.69, 9.17) is 9.47 Å². The highest BCUT2D eigenvalue weighted by atomic mass is 16.5. The number of amides is 2. The fraction of sp³-hybridized carbons (Fsp3) is 0.652. The Bertz CT molecular complexity index is 706. The van der Waals surface area contributed by atoms with Crippen molar-refractivity contribution >= 4 is 12.0 Å². The third-order valence-electron chi connectivity index (χ3n) is 6.64. The molecule has 1 N–H and O–H groups in total. The van der Waals surface area contributed by atoms with Crippen LogP contribution in [0.5, 0.6) is 0 Å². The van der Waals surface area contributed by atoms with E-state index in [1.807, 2.05) is 35.2 Å². The van der Waals surface area contributed by atoms with E-state index in [2.05, 4.69) is 10.2 Å². The minimum Gasteiger partial charge on any atom is -0.445 e. The van der Waals surface area contributed by atoms with Crippen molar-refractivity contribution in [2.45, 2.75) is 56.7 Å². The second kappa shape index (κ2) is 9.79. The largest absolute Gasteiger partial charge is 0.445 e. The topological polar surface area (TPSA) is 71.1 Å². The maximum Gasteiger partial charge on any atom is 0.408 e. The lowest BCUT2D eigenvalue weighted by atomic mass is 9.94. The molecule has 3 aliphatic rings. The van der Waals surface area contributed by atoms with E-state index in [0.717, 1.165) is 31.5 Å². The summed E-state index contributed by atoms with van der Waals surface area (Å²) in [7, 11) is 0. The first-order valence-corrected chi connectivity index (χ1v) is 11.3. The van der Waals surface area contributed by atoms with Crippen LogP contribution >= 0.6 is 0 Å². The van der Waals surface area contributed by atoms with Crippen LogP contribution in [0.3, 0.4) is 0 Å². The highest BCUT2D eigenvalue weighted by Gasteiger charge is 2.47. The molecule has 3 heterocycles. The zero-order valence-corrected chi connectivity index (χ0v) is 17.7. The summed E-state index contributed by atoms with van der Waals surface area (Å²) >= 11 is 0. The summed E-state index contributed by atoms with van der Waals surface area (Å²) in [6, 6.07) is 10.1. The third kappa shape index (κ3) is 4.95. The van der Waals surface area contributed by atoms with Crippen LogP contribution in [-0.2, 0) is 20.9 Å². The van der Waals surface area contributed by atoms with Gasteiger partial charge in [0.05, 0.1) is 6.61 Å². The minimum absolute atomic E-state index is 0.0336. The molecule has 0 radical (unpaired) electrons. The normalized spacial score (nSPS) is 25.8. The summed E-state index contributed by atoms with van der Waals surface area (Å²) in [5.74, 6) is -0.0336. The predicted molar refractivity (Wildman–Crippen MR) is 113 cm³/mol. The number of alkyl carbamates (subject to hydrolysis) is 1. The first-order chi connectivity index (χ1) is 14.7. The Balaban J connectivity index is 1.31. The van der Waals surface area contributed by atoms with Crippen LogP contribution in [0.15, 0.2) is 30.3 Å². The lowest BCUT2D eigenvalue weighted by molar-refractivity contribution is -0.140. The quantitative estimate of drug-likeness (QED) is 0.800. The monoisotopic (exact) mass is 415 g/mol. The van der Waals surface area contributed by atoms with Crippen molar-refractivity contribution in [3.63, 3.8) is 0 Å². The Labute approximate surface area is 178 Å². The highest BCUT2D eigenvalue weighted by molar-refractivity contribution is 5.90. The van der Waals surface area contributed by atoms with Crippen molar-refractivity contribution in [1.29, 1.82) is 0 Å². The van der Waals surface area contributed by atoms with Crippen LogP contribution in [0.1, 0.15) is 44.1 Å². The SMILES string of the molecule is O=C(N[C@]1(C(=O)N2CCC(N3CCCCC3)CC2)CCOC1)OCc1ccccc1. The first-order valence-electron chi connectivity index (χ1n) is 11.3. The Morgan fingerprint density at radius 3 is 2.47 bits per heavy atom. The van der Waals surface area contributed by atoms with Gasteiger partial charge in [-0.05, 0) is 44.3 Å². The smallest absolute Gasteiger partial charge is 0.408 e. The summed E-state index contributed by atoms with van der Waals surface area (Å²) in [6.45, 7) is 4.70. The molecule has 164 valence electrons. The molecule has 1 atom stereocenters. The molecule has 7 heteroatoms. The van der Waals surface area contributed by atoms with Crippen molar-refractivity contribution < 1.29 is 19.1 Å². The van der Waals surface area contributed by atoms with Gasteiger partial charge in [-0.25, -0.2) is 4.79 Å². The number of rotatable bonds is 5. The van der Waals surface area contributed by atoms with Gasteiger partial charge in [0.1, 0.15) is 12.1 Å². The third-order valence-corrected chi connectivity index (χ3v) is 6.64. The summed E-state index contributed by atoms with van der Waals surface area (Å²) in [4.78, 5) is 30.3. The Morgan fingerprint density at radius 2 is 1.80 bits per heavy atom. The van der Waals surface area contributed by atoms with Crippen molar-refractivity contribution in [1.82, 2.24) is 15.1 Å². The molecule has 1 aromatic rings. The van der Waals surface area contributed by atoms with E-state index in [1.54, 1.807) is 0 Å². The number of piperidine rings is 2. The molecule has 1 aromatic carbocycles. The number of likely N-dealkylation sites (tertiary alicyclic amines) is 2. The predicted octanol–water partition coefficient (Wildman–Crippen LogP) is 2.55. The molecule has 30 heavy (non-hydrogen) atoms. The summed E-state index contributed by atoms with van der Waals surface area (Å²) < 4.78 is 10.9. The molecule has 0 spiro atoms. The molecule has 3 fully saturated rings. The van der Waals surface area contributed by atoms with Gasteiger partial charge in [0.2, 0.25) is 0 Å². The molecule has 3 saturated heterocycles. The molecule has 7 nitrogen and oxygen atoms in total. The van der Waals surface area contributed by atoms with E-state index >= 15 is 0 Å². The van der Waals surface area contributed by atoms with Crippen LogP contribution in [0.4, 0.5) is 4.79 Å². The zero-order chi connectivity index (χ0) is 20.8. The number of hydrogen-bond donors (Lipinski definition) is 1. The van der Waals surface area contributed by atoms with Crippen LogP contribution < -0.4 is 5.32 Å². The van der Waals surface area contributed by atoms with Gasteiger partial charge in [0.15, 0.2) is 0 Å². The fourth-order valence-corrected chi connectivity index (χ4v) is 4.86. The van der Waals surface area contributed by atoms with Crippen molar-refractivity contribution in [3.05, 3.63) is 35.9 Å². The van der Waals surface area contributed by atoms with E-state index in [1.165, 1.54) is 32.4 Å². The molecule has 3 aliphatic heterocycles. The molecule has 0 unspecified atom stereocenters. The first kappa shape index (κ1) is 21.1. The number of nitrogens with one attached hydrogen (secondary N) is 1. The molecule has 4 rings (SSSR count). The van der Waals surface area contributed by atoms with Crippen LogP contribution in [-0.4, -0.2) is 72.8 Å². The summed E-state index contributed by atoms with van der Waals surface area (Å²) in [5.41, 5.74) is -0.0957. The highest BCUT2D eigenvalue weighted by Crippen LogP contribution is 2.26. The Hall–Kier alpha value is -2.12. The average Bonchev–Trinajstić information content (AvgIpc) is 3.28. The second-order valence-electron chi connectivity index (χ2n) is 8.69. The fourth-order valence-electron chi connectivity index (χ4n) is 4.86. The number of carbonyl (C=O) groups excluding carboxylic acids is 2. The Morgan fingerprint density at radius 1 is 1.07 bits per heavy atom. The number of benzene rings is 1. The summed E-state index contributed by atoms with van der Waals surface area (Å²) in [6.07, 6.45) is 5.83. The van der Waals surface area contributed by atoms with Crippen molar-refractivity contribution in [2.75, 3.05) is 39.4 Å². The molecule has 0 aliphatic carbocycles. The zero-order valence-electron chi connectivity index (χ0n) is 17.7. The number of hydrogen-bond acceptors (Lipinski definition) is 5. The van der Waals surface area contributed by atoms with Crippen LogP contribution in [0, 0.1) is 0 Å². The Kier molecular flexibility index (Phi) is 6.89. The van der Waals surface area contributed by atoms with Gasteiger partial charge < -0.3 is 24.6 Å².